The van der Waals surface area contributed by atoms with Crippen LogP contribution in [0.5, 0.6) is 0 Å². The number of hydrogen-bond acceptors (Lipinski definition) is 2. The second-order valence-corrected chi connectivity index (χ2v) is 17.6. The third-order valence-electron chi connectivity index (χ3n) is 13.7. The summed E-state index contributed by atoms with van der Waals surface area (Å²) >= 11 is 0. The number of rotatable bonds is 21. The van der Waals surface area contributed by atoms with Crippen LogP contribution in [-0.2, 0) is 9.53 Å². The van der Waals surface area contributed by atoms with E-state index in [-0.39, 0.29) is 17.5 Å². The maximum atomic E-state index is 12.8. The minimum atomic E-state index is 0.0387. The molecule has 0 spiro atoms. The number of carbonyl (C=O) groups is 1. The van der Waals surface area contributed by atoms with E-state index < -0.39 is 0 Å². The molecule has 3 saturated carbocycles. The third-order valence-corrected chi connectivity index (χ3v) is 13.7. The van der Waals surface area contributed by atoms with Crippen LogP contribution in [-0.4, -0.2) is 12.1 Å². The van der Waals surface area contributed by atoms with Gasteiger partial charge in [-0.2, -0.15) is 0 Å². The van der Waals surface area contributed by atoms with Crippen molar-refractivity contribution in [2.45, 2.75) is 202 Å². The van der Waals surface area contributed by atoms with Crippen LogP contribution >= 0.6 is 0 Å². The minimum Gasteiger partial charge on any atom is -0.462 e. The van der Waals surface area contributed by atoms with Gasteiger partial charge in [0.15, 0.2) is 0 Å². The van der Waals surface area contributed by atoms with Crippen LogP contribution in [0.3, 0.4) is 0 Å². The number of allylic oxidation sites excluding steroid dienone is 5. The molecule has 268 valence electrons. The van der Waals surface area contributed by atoms with Gasteiger partial charge in [-0.3, -0.25) is 4.79 Å². The number of hydrogen-bond donors (Lipinski definition) is 0. The summed E-state index contributed by atoms with van der Waals surface area (Å²) in [5.74, 6) is 4.07. The van der Waals surface area contributed by atoms with Gasteiger partial charge in [0.2, 0.25) is 0 Å². The highest BCUT2D eigenvalue weighted by molar-refractivity contribution is 5.69. The molecular formula is C45H76O2. The van der Waals surface area contributed by atoms with Gasteiger partial charge in [0.05, 0.1) is 0 Å². The van der Waals surface area contributed by atoms with E-state index in [4.69, 9.17) is 4.74 Å². The zero-order valence-corrected chi connectivity index (χ0v) is 32.1. The minimum absolute atomic E-state index is 0.0387. The molecule has 0 bridgehead atoms. The normalized spacial score (nSPS) is 30.9. The average molecular weight is 649 g/mol. The molecule has 2 heteroatoms. The molecule has 4 aliphatic rings. The first-order valence-electron chi connectivity index (χ1n) is 20.9. The van der Waals surface area contributed by atoms with Crippen LogP contribution in [0.2, 0.25) is 0 Å². The van der Waals surface area contributed by atoms with Gasteiger partial charge in [-0.25, -0.2) is 0 Å². The fraction of sp³-hybridized carbons (Fsp3) is 0.844. The van der Waals surface area contributed by atoms with E-state index in [0.717, 1.165) is 49.4 Å². The number of esters is 1. The smallest absolute Gasteiger partial charge is 0.306 e. The third kappa shape index (κ3) is 10.6. The van der Waals surface area contributed by atoms with Gasteiger partial charge in [0, 0.05) is 12.8 Å². The number of carbonyl (C=O) groups excluding carboxylic acids is 1. The zero-order valence-electron chi connectivity index (χ0n) is 32.1. The Kier molecular flexibility index (Phi) is 15.7. The van der Waals surface area contributed by atoms with Gasteiger partial charge in [-0.1, -0.05) is 148 Å². The highest BCUT2D eigenvalue weighted by atomic mass is 16.5. The van der Waals surface area contributed by atoms with E-state index in [1.165, 1.54) is 122 Å². The molecule has 7 atom stereocenters. The van der Waals surface area contributed by atoms with E-state index >= 15 is 0 Å². The molecule has 4 aliphatic carbocycles. The average Bonchev–Trinajstić information content (AvgIpc) is 3.40. The molecule has 0 aromatic carbocycles. The second kappa shape index (κ2) is 19.2. The van der Waals surface area contributed by atoms with Crippen molar-refractivity contribution in [3.63, 3.8) is 0 Å². The molecular weight excluding hydrogens is 572 g/mol. The van der Waals surface area contributed by atoms with Crippen molar-refractivity contribution in [2.75, 3.05) is 0 Å². The summed E-state index contributed by atoms with van der Waals surface area (Å²) in [5.41, 5.74) is 4.11. The number of unbranched alkanes of at least 4 members (excludes halogenated alkanes) is 11. The Bertz CT molecular complexity index is 1030. The molecule has 7 unspecified atom stereocenters. The Morgan fingerprint density at radius 3 is 2.17 bits per heavy atom. The fourth-order valence-corrected chi connectivity index (χ4v) is 10.7. The van der Waals surface area contributed by atoms with Crippen molar-refractivity contribution in [1.82, 2.24) is 0 Å². The van der Waals surface area contributed by atoms with Crippen molar-refractivity contribution >= 4 is 5.97 Å². The van der Waals surface area contributed by atoms with E-state index in [2.05, 4.69) is 65.8 Å². The number of ether oxygens (including phenoxy) is 1. The van der Waals surface area contributed by atoms with E-state index in [1.807, 2.05) is 0 Å². The Balaban J connectivity index is 1.14. The predicted octanol–water partition coefficient (Wildman–Crippen LogP) is 13.9. The van der Waals surface area contributed by atoms with Crippen LogP contribution < -0.4 is 0 Å². The van der Waals surface area contributed by atoms with Crippen LogP contribution in [0, 0.1) is 40.4 Å². The maximum Gasteiger partial charge on any atom is 0.306 e. The molecule has 0 heterocycles. The first-order chi connectivity index (χ1) is 22.7. The summed E-state index contributed by atoms with van der Waals surface area (Å²) in [5, 5.41) is 0. The molecule has 0 aliphatic heterocycles. The monoisotopic (exact) mass is 649 g/mol. The van der Waals surface area contributed by atoms with Crippen LogP contribution in [0.15, 0.2) is 35.5 Å². The molecule has 0 radical (unpaired) electrons. The second-order valence-electron chi connectivity index (χ2n) is 17.6. The molecule has 2 nitrogen and oxygen atoms in total. The topological polar surface area (TPSA) is 26.3 Å². The Morgan fingerprint density at radius 2 is 1.47 bits per heavy atom. The van der Waals surface area contributed by atoms with E-state index in [9.17, 15) is 4.79 Å². The van der Waals surface area contributed by atoms with E-state index in [0.29, 0.717) is 17.8 Å². The van der Waals surface area contributed by atoms with E-state index in [1.54, 1.807) is 11.1 Å². The summed E-state index contributed by atoms with van der Waals surface area (Å²) in [4.78, 5) is 12.8. The lowest BCUT2D eigenvalue weighted by molar-refractivity contribution is -0.151. The summed E-state index contributed by atoms with van der Waals surface area (Å²) in [7, 11) is 0. The van der Waals surface area contributed by atoms with Crippen molar-refractivity contribution in [3.8, 4) is 0 Å². The molecule has 0 amide bonds. The SMILES string of the molecule is CCCCCCCC/C=C\CCCCCCCC(=O)OC1CCC2(C)C(=CC=C3C2CCC2(C)C3CCC2C(C)CCCC(C)C)C1. The summed E-state index contributed by atoms with van der Waals surface area (Å²) in [6.07, 6.45) is 40.1. The first-order valence-corrected chi connectivity index (χ1v) is 20.9. The Labute approximate surface area is 292 Å². The molecule has 0 aromatic heterocycles. The molecule has 4 rings (SSSR count). The largest absolute Gasteiger partial charge is 0.462 e. The fourth-order valence-electron chi connectivity index (χ4n) is 10.7. The lowest BCUT2D eigenvalue weighted by atomic mass is 9.50. The highest BCUT2D eigenvalue weighted by Crippen LogP contribution is 2.66. The molecule has 3 fully saturated rings. The van der Waals surface area contributed by atoms with Crippen molar-refractivity contribution < 1.29 is 9.53 Å². The lowest BCUT2D eigenvalue weighted by Crippen LogP contribution is -2.46. The zero-order chi connectivity index (χ0) is 33.7. The van der Waals surface area contributed by atoms with Gasteiger partial charge in [0.1, 0.15) is 6.10 Å². The number of fused-ring (bicyclic) bond motifs is 5. The van der Waals surface area contributed by atoms with Crippen LogP contribution in [0.4, 0.5) is 0 Å². The summed E-state index contributed by atoms with van der Waals surface area (Å²) < 4.78 is 6.10. The van der Waals surface area contributed by atoms with Gasteiger partial charge in [0.25, 0.3) is 0 Å². The van der Waals surface area contributed by atoms with Gasteiger partial charge >= 0.3 is 5.97 Å². The molecule has 0 aromatic rings. The molecule has 47 heavy (non-hydrogen) atoms. The maximum absolute atomic E-state index is 12.8. The van der Waals surface area contributed by atoms with Crippen LogP contribution in [0.1, 0.15) is 196 Å². The van der Waals surface area contributed by atoms with Gasteiger partial charge in [-0.15, -0.1) is 0 Å². The molecule has 0 N–H and O–H groups in total. The van der Waals surface area contributed by atoms with Crippen LogP contribution in [0.25, 0.3) is 0 Å². The van der Waals surface area contributed by atoms with Crippen molar-refractivity contribution in [1.29, 1.82) is 0 Å². The Hall–Kier alpha value is -1.31. The van der Waals surface area contributed by atoms with Crippen molar-refractivity contribution in [3.05, 3.63) is 35.5 Å². The standard InChI is InChI=1S/C45H76O2/c1-7-8-9-10-11-12-13-14-15-16-17-18-19-20-21-25-43(46)47-38-30-32-44(5)37(34-38)26-27-39-41-29-28-40(36(4)24-22-23-35(2)3)45(41,6)33-31-42(39)44/h14-15,26-27,35-36,38,40-42H,7-13,16-25,28-34H2,1-6H3/b15-14-. The summed E-state index contributed by atoms with van der Waals surface area (Å²) in [6.45, 7) is 14.8. The Morgan fingerprint density at radius 1 is 0.787 bits per heavy atom. The van der Waals surface area contributed by atoms with Crippen molar-refractivity contribution in [2.24, 2.45) is 40.4 Å². The summed E-state index contributed by atoms with van der Waals surface area (Å²) in [6, 6.07) is 0. The first kappa shape index (κ1) is 38.5. The quantitative estimate of drug-likeness (QED) is 0.0703. The predicted molar refractivity (Wildman–Crippen MR) is 202 cm³/mol. The van der Waals surface area contributed by atoms with Gasteiger partial charge < -0.3 is 4.74 Å². The van der Waals surface area contributed by atoms with Gasteiger partial charge in [-0.05, 0) is 111 Å². The lowest BCUT2D eigenvalue weighted by Gasteiger charge is -2.55. The molecule has 0 saturated heterocycles. The highest BCUT2D eigenvalue weighted by Gasteiger charge is 2.57.